The third-order valence-electron chi connectivity index (χ3n) is 3.78. The minimum Gasteiger partial charge on any atom is -0.383 e. The Morgan fingerprint density at radius 2 is 2.06 bits per heavy atom. The summed E-state index contributed by atoms with van der Waals surface area (Å²) < 4.78 is 0. The molecule has 88 valence electrons. The van der Waals surface area contributed by atoms with Gasteiger partial charge in [-0.15, -0.1) is 0 Å². The van der Waals surface area contributed by atoms with Crippen LogP contribution in [0.5, 0.6) is 0 Å². The van der Waals surface area contributed by atoms with Crippen LogP contribution in [0.4, 0.5) is 5.82 Å². The molecule has 2 N–H and O–H groups in total. The lowest BCUT2D eigenvalue weighted by molar-refractivity contribution is 0.319. The number of nitrogens with zero attached hydrogens (tertiary/aromatic N) is 1. The summed E-state index contributed by atoms with van der Waals surface area (Å²) in [6, 6.07) is 1.99. The van der Waals surface area contributed by atoms with E-state index in [0.29, 0.717) is 16.8 Å². The highest BCUT2D eigenvalue weighted by Gasteiger charge is 2.23. The Kier molecular flexibility index (Phi) is 3.70. The van der Waals surface area contributed by atoms with E-state index in [1.807, 2.05) is 6.07 Å². The van der Waals surface area contributed by atoms with Crippen LogP contribution in [0.3, 0.4) is 0 Å². The SMILES string of the molecule is CCC1CCC(c2cc(Cl)cnc2N)CC1. The minimum absolute atomic E-state index is 0.564. The molecule has 0 unspecified atom stereocenters. The molecule has 16 heavy (non-hydrogen) atoms. The van der Waals surface area contributed by atoms with Crippen molar-refractivity contribution in [3.63, 3.8) is 0 Å². The first-order chi connectivity index (χ1) is 7.70. The van der Waals surface area contributed by atoms with E-state index in [0.717, 1.165) is 11.5 Å². The summed E-state index contributed by atoms with van der Waals surface area (Å²) in [5, 5.41) is 0.696. The van der Waals surface area contributed by atoms with Gasteiger partial charge in [-0.1, -0.05) is 24.9 Å². The number of nitrogens with two attached hydrogens (primary N) is 1. The van der Waals surface area contributed by atoms with Gasteiger partial charge in [0.1, 0.15) is 5.82 Å². The molecule has 0 bridgehead atoms. The molecule has 2 nitrogen and oxygen atoms in total. The first kappa shape index (κ1) is 11.7. The molecule has 1 heterocycles. The molecular weight excluding hydrogens is 220 g/mol. The van der Waals surface area contributed by atoms with E-state index in [-0.39, 0.29) is 0 Å². The fourth-order valence-electron chi connectivity index (χ4n) is 2.67. The summed E-state index contributed by atoms with van der Waals surface area (Å²) in [4.78, 5) is 4.14. The summed E-state index contributed by atoms with van der Waals surface area (Å²) in [7, 11) is 0. The maximum absolute atomic E-state index is 5.97. The van der Waals surface area contributed by atoms with Gasteiger partial charge in [0.25, 0.3) is 0 Å². The van der Waals surface area contributed by atoms with Crippen LogP contribution in [0.1, 0.15) is 50.5 Å². The molecule has 0 amide bonds. The van der Waals surface area contributed by atoms with Gasteiger partial charge in [0.05, 0.1) is 5.02 Å². The molecule has 1 fully saturated rings. The predicted molar refractivity (Wildman–Crippen MR) is 68.6 cm³/mol. The van der Waals surface area contributed by atoms with Crippen molar-refractivity contribution >= 4 is 17.4 Å². The summed E-state index contributed by atoms with van der Waals surface area (Å²) in [5.74, 6) is 2.13. The Labute approximate surface area is 102 Å². The van der Waals surface area contributed by atoms with Crippen LogP contribution in [0.2, 0.25) is 5.02 Å². The zero-order valence-electron chi connectivity index (χ0n) is 9.75. The number of aromatic nitrogens is 1. The van der Waals surface area contributed by atoms with Crippen molar-refractivity contribution < 1.29 is 0 Å². The number of hydrogen-bond acceptors (Lipinski definition) is 2. The minimum atomic E-state index is 0.564. The van der Waals surface area contributed by atoms with E-state index in [9.17, 15) is 0 Å². The van der Waals surface area contributed by atoms with Crippen LogP contribution in [0.15, 0.2) is 12.3 Å². The third-order valence-corrected chi connectivity index (χ3v) is 3.99. The lowest BCUT2D eigenvalue weighted by atomic mass is 9.78. The fraction of sp³-hybridized carbons (Fsp3) is 0.615. The molecule has 0 spiro atoms. The standard InChI is InChI=1S/C13H19ClN2/c1-2-9-3-5-10(6-4-9)12-7-11(14)8-16-13(12)15/h7-10H,2-6H2,1H3,(H2,15,16). The Bertz CT molecular complexity index is 357. The Morgan fingerprint density at radius 1 is 1.38 bits per heavy atom. The largest absolute Gasteiger partial charge is 0.383 e. The highest BCUT2D eigenvalue weighted by atomic mass is 35.5. The van der Waals surface area contributed by atoms with Gasteiger partial charge in [-0.2, -0.15) is 0 Å². The summed E-state index contributed by atoms with van der Waals surface area (Å²) >= 11 is 5.97. The number of anilines is 1. The van der Waals surface area contributed by atoms with E-state index >= 15 is 0 Å². The second-order valence-electron chi connectivity index (χ2n) is 4.75. The van der Waals surface area contributed by atoms with Crippen LogP contribution >= 0.6 is 11.6 Å². The highest BCUT2D eigenvalue weighted by Crippen LogP contribution is 2.39. The summed E-state index contributed by atoms with van der Waals surface area (Å²) in [5.41, 5.74) is 7.07. The van der Waals surface area contributed by atoms with Crippen LogP contribution in [-0.4, -0.2) is 4.98 Å². The van der Waals surface area contributed by atoms with Gasteiger partial charge >= 0.3 is 0 Å². The van der Waals surface area contributed by atoms with E-state index in [4.69, 9.17) is 17.3 Å². The quantitative estimate of drug-likeness (QED) is 0.846. The van der Waals surface area contributed by atoms with Crippen LogP contribution in [-0.2, 0) is 0 Å². The number of hydrogen-bond donors (Lipinski definition) is 1. The molecule has 3 heteroatoms. The van der Waals surface area contributed by atoms with Gasteiger partial charge in [0.15, 0.2) is 0 Å². The smallest absolute Gasteiger partial charge is 0.126 e. The van der Waals surface area contributed by atoms with Gasteiger partial charge in [-0.25, -0.2) is 4.98 Å². The molecule has 1 aromatic heterocycles. The van der Waals surface area contributed by atoms with Crippen LogP contribution < -0.4 is 5.73 Å². The van der Waals surface area contributed by atoms with Crippen molar-refractivity contribution in [1.29, 1.82) is 0 Å². The van der Waals surface area contributed by atoms with Gasteiger partial charge in [0, 0.05) is 6.20 Å². The topological polar surface area (TPSA) is 38.9 Å². The molecule has 1 aliphatic rings. The number of halogens is 1. The van der Waals surface area contributed by atoms with E-state index in [1.165, 1.54) is 32.1 Å². The molecule has 0 radical (unpaired) electrons. The molecule has 0 atom stereocenters. The molecule has 2 rings (SSSR count). The van der Waals surface area contributed by atoms with Gasteiger partial charge < -0.3 is 5.73 Å². The normalized spacial score (nSPS) is 25.6. The first-order valence-corrected chi connectivity index (χ1v) is 6.49. The molecule has 1 saturated carbocycles. The van der Waals surface area contributed by atoms with Crippen molar-refractivity contribution in [2.45, 2.75) is 44.9 Å². The maximum Gasteiger partial charge on any atom is 0.126 e. The number of pyridine rings is 1. The second-order valence-corrected chi connectivity index (χ2v) is 5.19. The van der Waals surface area contributed by atoms with Gasteiger partial charge in [0.2, 0.25) is 0 Å². The van der Waals surface area contributed by atoms with Crippen molar-refractivity contribution in [1.82, 2.24) is 4.98 Å². The molecular formula is C13H19ClN2. The fourth-order valence-corrected chi connectivity index (χ4v) is 2.84. The maximum atomic E-state index is 5.97. The van der Waals surface area contributed by atoms with E-state index < -0.39 is 0 Å². The van der Waals surface area contributed by atoms with Crippen molar-refractivity contribution in [2.75, 3.05) is 5.73 Å². The predicted octanol–water partition coefficient (Wildman–Crippen LogP) is 4.00. The Balaban J connectivity index is 2.10. The average molecular weight is 239 g/mol. The lowest BCUT2D eigenvalue weighted by Crippen LogP contribution is -2.14. The molecule has 0 aliphatic heterocycles. The molecule has 1 aliphatic carbocycles. The Morgan fingerprint density at radius 3 is 2.69 bits per heavy atom. The Hall–Kier alpha value is -0.760. The van der Waals surface area contributed by atoms with Crippen molar-refractivity contribution in [3.05, 3.63) is 22.8 Å². The molecule has 0 saturated heterocycles. The van der Waals surface area contributed by atoms with E-state index in [2.05, 4.69) is 11.9 Å². The van der Waals surface area contributed by atoms with Crippen LogP contribution in [0.25, 0.3) is 0 Å². The second kappa shape index (κ2) is 5.05. The van der Waals surface area contributed by atoms with Crippen LogP contribution in [0, 0.1) is 5.92 Å². The zero-order valence-corrected chi connectivity index (χ0v) is 10.5. The average Bonchev–Trinajstić information content (AvgIpc) is 2.32. The molecule has 1 aromatic rings. The lowest BCUT2D eigenvalue weighted by Gasteiger charge is -2.28. The zero-order chi connectivity index (χ0) is 11.5. The van der Waals surface area contributed by atoms with E-state index in [1.54, 1.807) is 6.20 Å². The van der Waals surface area contributed by atoms with Crippen molar-refractivity contribution in [2.24, 2.45) is 5.92 Å². The van der Waals surface area contributed by atoms with Crippen molar-refractivity contribution in [3.8, 4) is 0 Å². The highest BCUT2D eigenvalue weighted by molar-refractivity contribution is 6.30. The summed E-state index contributed by atoms with van der Waals surface area (Å²) in [6.07, 6.45) is 8.00. The summed E-state index contributed by atoms with van der Waals surface area (Å²) in [6.45, 7) is 2.28. The van der Waals surface area contributed by atoms with Gasteiger partial charge in [-0.05, 0) is 49.1 Å². The first-order valence-electron chi connectivity index (χ1n) is 6.11. The number of rotatable bonds is 2. The molecule has 0 aromatic carbocycles. The number of nitrogen functional groups attached to an aromatic ring is 1. The monoisotopic (exact) mass is 238 g/mol. The van der Waals surface area contributed by atoms with Gasteiger partial charge in [-0.3, -0.25) is 0 Å². The third kappa shape index (κ3) is 2.49.